The van der Waals surface area contributed by atoms with Gasteiger partial charge in [0.1, 0.15) is 0 Å². The molecule has 0 radical (unpaired) electrons. The average Bonchev–Trinajstić information content (AvgIpc) is 2.46. The van der Waals surface area contributed by atoms with Crippen molar-refractivity contribution in [1.29, 1.82) is 0 Å². The summed E-state index contributed by atoms with van der Waals surface area (Å²) in [4.78, 5) is 25.2. The van der Waals surface area contributed by atoms with Gasteiger partial charge in [0.15, 0.2) is 0 Å². The Morgan fingerprint density at radius 2 is 2.15 bits per heavy atom. The SMILES string of the molecule is CCCSCC(=O)N1Cc2ccccc2C(C(=O)O)C1. The highest BCUT2D eigenvalue weighted by molar-refractivity contribution is 7.99. The minimum atomic E-state index is -0.865. The number of rotatable bonds is 5. The molecule has 5 heteroatoms. The van der Waals surface area contributed by atoms with Crippen molar-refractivity contribution in [2.45, 2.75) is 25.8 Å². The minimum absolute atomic E-state index is 0.0317. The maximum Gasteiger partial charge on any atom is 0.312 e. The number of carbonyl (C=O) groups excluding carboxylic acids is 1. The largest absolute Gasteiger partial charge is 0.481 e. The molecule has 108 valence electrons. The molecule has 1 N–H and O–H groups in total. The third-order valence-corrected chi connectivity index (χ3v) is 4.57. The molecule has 2 rings (SSSR count). The van der Waals surface area contributed by atoms with Crippen LogP contribution in [0.25, 0.3) is 0 Å². The number of fused-ring (bicyclic) bond motifs is 1. The van der Waals surface area contributed by atoms with Gasteiger partial charge in [0.25, 0.3) is 0 Å². The monoisotopic (exact) mass is 293 g/mol. The van der Waals surface area contributed by atoms with Gasteiger partial charge in [-0.25, -0.2) is 0 Å². The maximum atomic E-state index is 12.2. The molecule has 0 aromatic heterocycles. The van der Waals surface area contributed by atoms with Gasteiger partial charge in [-0.1, -0.05) is 31.2 Å². The lowest BCUT2D eigenvalue weighted by Gasteiger charge is -2.32. The Morgan fingerprint density at radius 3 is 2.85 bits per heavy atom. The third-order valence-electron chi connectivity index (χ3n) is 3.42. The first-order chi connectivity index (χ1) is 9.63. The topological polar surface area (TPSA) is 57.6 Å². The van der Waals surface area contributed by atoms with Crippen LogP contribution in [0.15, 0.2) is 24.3 Å². The molecule has 0 aliphatic carbocycles. The van der Waals surface area contributed by atoms with Crippen LogP contribution < -0.4 is 0 Å². The Hall–Kier alpha value is -1.49. The second-order valence-electron chi connectivity index (χ2n) is 4.92. The molecular formula is C15H19NO3S. The molecule has 0 bridgehead atoms. The quantitative estimate of drug-likeness (QED) is 0.847. The number of hydrogen-bond acceptors (Lipinski definition) is 3. The predicted molar refractivity (Wildman–Crippen MR) is 79.9 cm³/mol. The molecule has 0 fully saturated rings. The number of aliphatic carboxylic acids is 1. The van der Waals surface area contributed by atoms with E-state index in [-0.39, 0.29) is 12.5 Å². The fraction of sp³-hybridized carbons (Fsp3) is 0.467. The number of thioether (sulfide) groups is 1. The zero-order valence-electron chi connectivity index (χ0n) is 11.5. The molecule has 0 spiro atoms. The Kier molecular flexibility index (Phi) is 5.06. The van der Waals surface area contributed by atoms with Crippen LogP contribution in [0.1, 0.15) is 30.4 Å². The van der Waals surface area contributed by atoms with Crippen LogP contribution in [-0.2, 0) is 16.1 Å². The van der Waals surface area contributed by atoms with Crippen LogP contribution in [0.5, 0.6) is 0 Å². The molecule has 1 aliphatic rings. The van der Waals surface area contributed by atoms with E-state index in [9.17, 15) is 14.7 Å². The van der Waals surface area contributed by atoms with Crippen LogP contribution in [-0.4, -0.2) is 39.9 Å². The molecule has 0 saturated carbocycles. The van der Waals surface area contributed by atoms with Crippen molar-refractivity contribution < 1.29 is 14.7 Å². The van der Waals surface area contributed by atoms with E-state index in [2.05, 4.69) is 6.92 Å². The highest BCUT2D eigenvalue weighted by Gasteiger charge is 2.31. The molecule has 1 atom stereocenters. The summed E-state index contributed by atoms with van der Waals surface area (Å²) in [5, 5.41) is 9.36. The van der Waals surface area contributed by atoms with E-state index in [0.717, 1.165) is 23.3 Å². The smallest absolute Gasteiger partial charge is 0.312 e. The Bertz CT molecular complexity index is 504. The summed E-state index contributed by atoms with van der Waals surface area (Å²) in [6.45, 7) is 2.87. The van der Waals surface area contributed by atoms with E-state index in [1.807, 2.05) is 24.3 Å². The zero-order chi connectivity index (χ0) is 14.5. The van der Waals surface area contributed by atoms with E-state index in [4.69, 9.17) is 0 Å². The second kappa shape index (κ2) is 6.79. The summed E-state index contributed by atoms with van der Waals surface area (Å²) in [5.74, 6) is -0.0543. The van der Waals surface area contributed by atoms with Crippen molar-refractivity contribution in [2.75, 3.05) is 18.1 Å². The Labute approximate surface area is 123 Å². The maximum absolute atomic E-state index is 12.2. The van der Waals surface area contributed by atoms with Crippen molar-refractivity contribution in [2.24, 2.45) is 0 Å². The lowest BCUT2D eigenvalue weighted by Crippen LogP contribution is -2.41. The van der Waals surface area contributed by atoms with E-state index >= 15 is 0 Å². The first-order valence-corrected chi connectivity index (χ1v) is 7.95. The summed E-state index contributed by atoms with van der Waals surface area (Å²) in [6, 6.07) is 7.49. The van der Waals surface area contributed by atoms with E-state index < -0.39 is 11.9 Å². The third kappa shape index (κ3) is 3.33. The number of carboxylic acid groups (broad SMARTS) is 1. The number of nitrogens with zero attached hydrogens (tertiary/aromatic N) is 1. The van der Waals surface area contributed by atoms with Gasteiger partial charge in [-0.05, 0) is 23.3 Å². The standard InChI is InChI=1S/C15H19NO3S/c1-2-7-20-10-14(17)16-8-11-5-3-4-6-12(11)13(9-16)15(18)19/h3-6,13H,2,7-10H2,1H3,(H,18,19). The van der Waals surface area contributed by atoms with Crippen LogP contribution in [0.4, 0.5) is 0 Å². The number of hydrogen-bond donors (Lipinski definition) is 1. The normalized spacial score (nSPS) is 17.6. The summed E-state index contributed by atoms with van der Waals surface area (Å²) in [7, 11) is 0. The Balaban J connectivity index is 2.12. The summed E-state index contributed by atoms with van der Waals surface area (Å²) in [6.07, 6.45) is 1.04. The first-order valence-electron chi connectivity index (χ1n) is 6.79. The van der Waals surface area contributed by atoms with Gasteiger partial charge in [0.05, 0.1) is 11.7 Å². The predicted octanol–water partition coefficient (Wildman–Crippen LogP) is 2.34. The minimum Gasteiger partial charge on any atom is -0.481 e. The molecule has 20 heavy (non-hydrogen) atoms. The fourth-order valence-corrected chi connectivity index (χ4v) is 3.19. The van der Waals surface area contributed by atoms with Crippen molar-refractivity contribution in [3.63, 3.8) is 0 Å². The fourth-order valence-electron chi connectivity index (χ4n) is 2.40. The van der Waals surface area contributed by atoms with Crippen molar-refractivity contribution in [3.05, 3.63) is 35.4 Å². The first kappa shape index (κ1) is 14.9. The highest BCUT2D eigenvalue weighted by Crippen LogP contribution is 2.28. The van der Waals surface area contributed by atoms with Crippen molar-refractivity contribution in [1.82, 2.24) is 4.90 Å². The average molecular weight is 293 g/mol. The summed E-state index contributed by atoms with van der Waals surface area (Å²) >= 11 is 1.61. The van der Waals surface area contributed by atoms with Gasteiger partial charge in [-0.2, -0.15) is 11.8 Å². The summed E-state index contributed by atoms with van der Waals surface area (Å²) < 4.78 is 0. The van der Waals surface area contributed by atoms with E-state index in [1.165, 1.54) is 0 Å². The van der Waals surface area contributed by atoms with Crippen molar-refractivity contribution in [3.8, 4) is 0 Å². The van der Waals surface area contributed by atoms with E-state index in [1.54, 1.807) is 16.7 Å². The molecule has 4 nitrogen and oxygen atoms in total. The summed E-state index contributed by atoms with van der Waals surface area (Å²) in [5.41, 5.74) is 1.78. The molecule has 1 amide bonds. The van der Waals surface area contributed by atoms with Crippen LogP contribution >= 0.6 is 11.8 Å². The van der Waals surface area contributed by atoms with Crippen LogP contribution in [0.3, 0.4) is 0 Å². The van der Waals surface area contributed by atoms with Crippen LogP contribution in [0, 0.1) is 0 Å². The zero-order valence-corrected chi connectivity index (χ0v) is 12.4. The lowest BCUT2D eigenvalue weighted by molar-refractivity contribution is -0.140. The molecule has 1 aromatic carbocycles. The van der Waals surface area contributed by atoms with Gasteiger partial charge >= 0.3 is 5.97 Å². The van der Waals surface area contributed by atoms with Crippen LogP contribution in [0.2, 0.25) is 0 Å². The van der Waals surface area contributed by atoms with Gasteiger partial charge < -0.3 is 10.0 Å². The van der Waals surface area contributed by atoms with Gasteiger partial charge in [-0.3, -0.25) is 9.59 Å². The molecule has 1 unspecified atom stereocenters. The second-order valence-corrected chi connectivity index (χ2v) is 6.02. The molecule has 1 aliphatic heterocycles. The van der Waals surface area contributed by atoms with Gasteiger partial charge in [0.2, 0.25) is 5.91 Å². The van der Waals surface area contributed by atoms with Gasteiger partial charge in [-0.15, -0.1) is 0 Å². The lowest BCUT2D eigenvalue weighted by atomic mass is 9.90. The molecule has 1 heterocycles. The number of benzene rings is 1. The molecule has 1 aromatic rings. The number of carbonyl (C=O) groups is 2. The number of carboxylic acids is 1. The number of amides is 1. The van der Waals surface area contributed by atoms with E-state index in [0.29, 0.717) is 12.3 Å². The van der Waals surface area contributed by atoms with Gasteiger partial charge in [0, 0.05) is 13.1 Å². The molecule has 0 saturated heterocycles. The van der Waals surface area contributed by atoms with Crippen molar-refractivity contribution >= 4 is 23.6 Å². The Morgan fingerprint density at radius 1 is 1.40 bits per heavy atom. The molecular weight excluding hydrogens is 274 g/mol. The highest BCUT2D eigenvalue weighted by atomic mass is 32.2.